The molecule has 2 rings (SSSR count). The van der Waals surface area contributed by atoms with Crippen LogP contribution in [0.5, 0.6) is 0 Å². The first kappa shape index (κ1) is 11.9. The van der Waals surface area contributed by atoms with Gasteiger partial charge in [0.15, 0.2) is 0 Å². The van der Waals surface area contributed by atoms with Gasteiger partial charge in [-0.25, -0.2) is 4.98 Å². The third-order valence-corrected chi connectivity index (χ3v) is 2.86. The molecule has 2 aromatic rings. The topological polar surface area (TPSA) is 50.9 Å². The van der Waals surface area contributed by atoms with E-state index in [0.717, 1.165) is 30.6 Å². The summed E-state index contributed by atoms with van der Waals surface area (Å²) >= 11 is 0. The number of hydrogen-bond donors (Lipinski definition) is 2. The minimum absolute atomic E-state index is 0.195. The van der Waals surface area contributed by atoms with Gasteiger partial charge >= 0.3 is 0 Å². The van der Waals surface area contributed by atoms with Crippen molar-refractivity contribution in [2.75, 3.05) is 11.9 Å². The molecule has 90 valence electrons. The van der Waals surface area contributed by atoms with Crippen LogP contribution in [0.1, 0.15) is 19.8 Å². The van der Waals surface area contributed by atoms with E-state index < -0.39 is 0 Å². The number of benzene rings is 1. The Kier molecular flexibility index (Phi) is 3.94. The van der Waals surface area contributed by atoms with Crippen LogP contribution in [0.15, 0.2) is 36.5 Å². The lowest BCUT2D eigenvalue weighted by Crippen LogP contribution is -2.29. The summed E-state index contributed by atoms with van der Waals surface area (Å²) in [7, 11) is 0. The second-order valence-corrected chi connectivity index (χ2v) is 4.31. The van der Waals surface area contributed by atoms with Crippen molar-refractivity contribution < 1.29 is 0 Å². The van der Waals surface area contributed by atoms with Crippen molar-refractivity contribution in [3.63, 3.8) is 0 Å². The summed E-state index contributed by atoms with van der Waals surface area (Å²) in [6.07, 6.45) is 3.99. The maximum absolute atomic E-state index is 5.99. The van der Waals surface area contributed by atoms with E-state index in [2.05, 4.69) is 29.4 Å². The third-order valence-electron chi connectivity index (χ3n) is 2.86. The van der Waals surface area contributed by atoms with Gasteiger partial charge < -0.3 is 11.1 Å². The molecule has 0 aliphatic carbocycles. The zero-order chi connectivity index (χ0) is 12.1. The molecular formula is C14H19N3. The highest BCUT2D eigenvalue weighted by Gasteiger charge is 2.04. The summed E-state index contributed by atoms with van der Waals surface area (Å²) in [4.78, 5) is 4.37. The predicted octanol–water partition coefficient (Wildman–Crippen LogP) is 2.77. The SMILES string of the molecule is CCCC(N)CNc1nccc2ccccc12. The number of rotatable bonds is 5. The fraction of sp³-hybridized carbons (Fsp3) is 0.357. The van der Waals surface area contributed by atoms with Crippen molar-refractivity contribution in [1.29, 1.82) is 0 Å². The Morgan fingerprint density at radius 3 is 2.94 bits per heavy atom. The van der Waals surface area contributed by atoms with E-state index in [-0.39, 0.29) is 6.04 Å². The van der Waals surface area contributed by atoms with Gasteiger partial charge in [0, 0.05) is 24.2 Å². The number of anilines is 1. The van der Waals surface area contributed by atoms with Crippen LogP contribution in [0.4, 0.5) is 5.82 Å². The number of aromatic nitrogens is 1. The largest absolute Gasteiger partial charge is 0.368 e. The van der Waals surface area contributed by atoms with Crippen LogP contribution < -0.4 is 11.1 Å². The van der Waals surface area contributed by atoms with Crippen LogP contribution in [0, 0.1) is 0 Å². The number of pyridine rings is 1. The smallest absolute Gasteiger partial charge is 0.133 e. The average Bonchev–Trinajstić information content (AvgIpc) is 2.36. The van der Waals surface area contributed by atoms with Crippen LogP contribution >= 0.6 is 0 Å². The minimum Gasteiger partial charge on any atom is -0.368 e. The van der Waals surface area contributed by atoms with E-state index in [1.165, 1.54) is 5.39 Å². The Balaban J connectivity index is 2.13. The van der Waals surface area contributed by atoms with E-state index in [1.807, 2.05) is 24.4 Å². The fourth-order valence-corrected chi connectivity index (χ4v) is 1.96. The predicted molar refractivity (Wildman–Crippen MR) is 73.1 cm³/mol. The van der Waals surface area contributed by atoms with Gasteiger partial charge in [0.1, 0.15) is 5.82 Å². The molecule has 3 nitrogen and oxygen atoms in total. The first-order chi connectivity index (χ1) is 8.31. The Morgan fingerprint density at radius 1 is 1.29 bits per heavy atom. The highest BCUT2D eigenvalue weighted by molar-refractivity contribution is 5.91. The van der Waals surface area contributed by atoms with E-state index >= 15 is 0 Å². The molecule has 17 heavy (non-hydrogen) atoms. The number of nitrogens with zero attached hydrogens (tertiary/aromatic N) is 1. The van der Waals surface area contributed by atoms with Crippen LogP contribution in [-0.2, 0) is 0 Å². The first-order valence-electron chi connectivity index (χ1n) is 6.14. The molecule has 0 fully saturated rings. The Labute approximate surface area is 102 Å². The standard InChI is InChI=1S/C14H19N3/c1-2-5-12(15)10-17-14-13-7-4-3-6-11(13)8-9-16-14/h3-4,6-9,12H,2,5,10,15H2,1H3,(H,16,17). The van der Waals surface area contributed by atoms with Crippen LogP contribution in [0.25, 0.3) is 10.8 Å². The van der Waals surface area contributed by atoms with Crippen molar-refractivity contribution in [2.45, 2.75) is 25.8 Å². The van der Waals surface area contributed by atoms with E-state index in [9.17, 15) is 0 Å². The monoisotopic (exact) mass is 229 g/mol. The summed E-state index contributed by atoms with van der Waals surface area (Å²) in [5.74, 6) is 0.926. The molecule has 1 heterocycles. The highest BCUT2D eigenvalue weighted by atomic mass is 15.0. The van der Waals surface area contributed by atoms with E-state index in [1.54, 1.807) is 0 Å². The van der Waals surface area contributed by atoms with Gasteiger partial charge in [-0.15, -0.1) is 0 Å². The zero-order valence-corrected chi connectivity index (χ0v) is 10.2. The Hall–Kier alpha value is -1.61. The molecular weight excluding hydrogens is 210 g/mol. The second-order valence-electron chi connectivity index (χ2n) is 4.31. The van der Waals surface area contributed by atoms with Crippen LogP contribution in [0.2, 0.25) is 0 Å². The third kappa shape index (κ3) is 2.94. The molecule has 0 amide bonds. The van der Waals surface area contributed by atoms with Gasteiger partial charge in [0.2, 0.25) is 0 Å². The van der Waals surface area contributed by atoms with Crippen molar-refractivity contribution in [1.82, 2.24) is 4.98 Å². The number of nitrogens with one attached hydrogen (secondary N) is 1. The number of nitrogens with two attached hydrogens (primary N) is 1. The maximum atomic E-state index is 5.99. The molecule has 0 saturated carbocycles. The molecule has 3 N–H and O–H groups in total. The summed E-state index contributed by atoms with van der Waals surface area (Å²) in [5, 5.41) is 5.69. The lowest BCUT2D eigenvalue weighted by molar-refractivity contribution is 0.626. The van der Waals surface area contributed by atoms with Gasteiger partial charge in [-0.3, -0.25) is 0 Å². The van der Waals surface area contributed by atoms with E-state index in [4.69, 9.17) is 5.73 Å². The molecule has 3 heteroatoms. The molecule has 1 atom stereocenters. The maximum Gasteiger partial charge on any atom is 0.133 e. The Bertz CT molecular complexity index is 476. The van der Waals surface area contributed by atoms with Crippen molar-refractivity contribution >= 4 is 16.6 Å². The Morgan fingerprint density at radius 2 is 2.12 bits per heavy atom. The average molecular weight is 229 g/mol. The molecule has 0 bridgehead atoms. The van der Waals surface area contributed by atoms with E-state index in [0.29, 0.717) is 0 Å². The molecule has 1 unspecified atom stereocenters. The summed E-state index contributed by atoms with van der Waals surface area (Å²) < 4.78 is 0. The van der Waals surface area contributed by atoms with Gasteiger partial charge in [-0.1, -0.05) is 37.6 Å². The van der Waals surface area contributed by atoms with Crippen molar-refractivity contribution in [2.24, 2.45) is 5.73 Å². The molecule has 0 aliphatic rings. The quantitative estimate of drug-likeness (QED) is 0.829. The molecule has 0 saturated heterocycles. The van der Waals surface area contributed by atoms with Gasteiger partial charge in [0.25, 0.3) is 0 Å². The van der Waals surface area contributed by atoms with Crippen molar-refractivity contribution in [3.8, 4) is 0 Å². The van der Waals surface area contributed by atoms with Gasteiger partial charge in [-0.05, 0) is 17.9 Å². The molecule has 1 aromatic heterocycles. The first-order valence-corrected chi connectivity index (χ1v) is 6.14. The summed E-state index contributed by atoms with van der Waals surface area (Å²) in [6.45, 7) is 2.92. The summed E-state index contributed by atoms with van der Waals surface area (Å²) in [5.41, 5.74) is 5.99. The van der Waals surface area contributed by atoms with Crippen LogP contribution in [-0.4, -0.2) is 17.6 Å². The highest BCUT2D eigenvalue weighted by Crippen LogP contribution is 2.20. The second kappa shape index (κ2) is 5.64. The fourth-order valence-electron chi connectivity index (χ4n) is 1.96. The molecule has 0 aliphatic heterocycles. The molecule has 1 aromatic carbocycles. The van der Waals surface area contributed by atoms with Crippen molar-refractivity contribution in [3.05, 3.63) is 36.5 Å². The number of fused-ring (bicyclic) bond motifs is 1. The number of hydrogen-bond acceptors (Lipinski definition) is 3. The minimum atomic E-state index is 0.195. The molecule has 0 spiro atoms. The zero-order valence-electron chi connectivity index (χ0n) is 10.2. The molecule has 0 radical (unpaired) electrons. The van der Waals surface area contributed by atoms with Crippen LogP contribution in [0.3, 0.4) is 0 Å². The van der Waals surface area contributed by atoms with Gasteiger partial charge in [0.05, 0.1) is 0 Å². The lowest BCUT2D eigenvalue weighted by atomic mass is 10.1. The van der Waals surface area contributed by atoms with Gasteiger partial charge in [-0.2, -0.15) is 0 Å². The lowest BCUT2D eigenvalue weighted by Gasteiger charge is -2.13. The normalized spacial score (nSPS) is 12.6. The summed E-state index contributed by atoms with van der Waals surface area (Å²) in [6, 6.07) is 10.5.